The molecular formula is C54H32N4O. The van der Waals surface area contributed by atoms with E-state index < -0.39 is 0 Å². The Morgan fingerprint density at radius 2 is 0.780 bits per heavy atom. The van der Waals surface area contributed by atoms with Crippen molar-refractivity contribution in [1.29, 1.82) is 5.26 Å². The largest absolute Gasteiger partial charge is 0.455 e. The number of fused-ring (bicyclic) bond motifs is 8. The van der Waals surface area contributed by atoms with Gasteiger partial charge in [0.05, 0.1) is 11.6 Å². The molecule has 0 spiro atoms. The molecule has 0 aliphatic heterocycles. The SMILES string of the molecule is N#Cc1ccc(-c2ccc3c4ccc(-c5cccc(-c6ccc(-c7nc(-c8ccccc8)nc(-c8ccccc8)n7)cc6)c5)cc4c4oc5ccccc5c4c3c2)cc1. The van der Waals surface area contributed by atoms with Crippen molar-refractivity contribution >= 4 is 43.5 Å². The van der Waals surface area contributed by atoms with Crippen LogP contribution in [0.3, 0.4) is 0 Å². The van der Waals surface area contributed by atoms with E-state index in [0.29, 0.717) is 23.0 Å². The third kappa shape index (κ3) is 6.08. The highest BCUT2D eigenvalue weighted by Gasteiger charge is 2.18. The fourth-order valence-electron chi connectivity index (χ4n) is 8.18. The van der Waals surface area contributed by atoms with E-state index in [-0.39, 0.29) is 0 Å². The quantitative estimate of drug-likeness (QED) is 0.158. The van der Waals surface area contributed by atoms with Gasteiger partial charge in [-0.25, -0.2) is 15.0 Å². The molecule has 0 unspecified atom stereocenters. The topological polar surface area (TPSA) is 75.6 Å². The molecule has 0 radical (unpaired) electrons. The molecule has 9 aromatic carbocycles. The van der Waals surface area contributed by atoms with E-state index in [0.717, 1.165) is 88.2 Å². The lowest BCUT2D eigenvalue weighted by Crippen LogP contribution is -2.00. The van der Waals surface area contributed by atoms with Gasteiger partial charge in [-0.2, -0.15) is 5.26 Å². The predicted molar refractivity (Wildman–Crippen MR) is 239 cm³/mol. The zero-order valence-corrected chi connectivity index (χ0v) is 31.7. The van der Waals surface area contributed by atoms with Crippen LogP contribution in [0.5, 0.6) is 0 Å². The number of aromatic nitrogens is 3. The van der Waals surface area contributed by atoms with Gasteiger partial charge in [0.25, 0.3) is 0 Å². The van der Waals surface area contributed by atoms with Crippen LogP contribution in [0, 0.1) is 11.3 Å². The van der Waals surface area contributed by atoms with Gasteiger partial charge in [0.1, 0.15) is 11.2 Å². The average molecular weight is 753 g/mol. The number of furan rings is 1. The first kappa shape index (κ1) is 34.1. The molecule has 11 aromatic rings. The minimum absolute atomic E-state index is 0.629. The molecule has 0 aliphatic carbocycles. The predicted octanol–water partition coefficient (Wildman–Crippen LogP) is 14.0. The lowest BCUT2D eigenvalue weighted by atomic mass is 9.91. The van der Waals surface area contributed by atoms with Crippen molar-refractivity contribution in [1.82, 2.24) is 15.0 Å². The monoisotopic (exact) mass is 752 g/mol. The maximum absolute atomic E-state index is 9.34. The smallest absolute Gasteiger partial charge is 0.164 e. The lowest BCUT2D eigenvalue weighted by molar-refractivity contribution is 0.673. The van der Waals surface area contributed by atoms with Crippen molar-refractivity contribution in [3.05, 3.63) is 200 Å². The van der Waals surface area contributed by atoms with Crippen LogP contribution in [0.25, 0.3) is 111 Å². The molecule has 11 rings (SSSR count). The van der Waals surface area contributed by atoms with Gasteiger partial charge in [-0.1, -0.05) is 158 Å². The highest BCUT2D eigenvalue weighted by molar-refractivity contribution is 6.30. The second-order valence-corrected chi connectivity index (χ2v) is 14.7. The van der Waals surface area contributed by atoms with Crippen LogP contribution in [-0.4, -0.2) is 15.0 Å². The summed E-state index contributed by atoms with van der Waals surface area (Å²) >= 11 is 0. The standard InChI is InChI=1S/C54H32N4O/c55-33-34-18-20-35(21-19-34)42-26-28-44-45-29-27-43(32-48(45)51-50(47(44)31-42)46-16-7-8-17-49(46)59-51)41-15-9-14-40(30-41)36-22-24-39(25-23-36)54-57-52(37-10-3-1-4-11-37)56-53(58-54)38-12-5-2-6-13-38/h1-32H. The Bertz CT molecular complexity index is 3360. The normalized spacial score (nSPS) is 11.4. The maximum atomic E-state index is 9.34. The minimum Gasteiger partial charge on any atom is -0.455 e. The fourth-order valence-corrected chi connectivity index (χ4v) is 8.18. The molecule has 0 aliphatic rings. The molecule has 5 heteroatoms. The van der Waals surface area contributed by atoms with Crippen molar-refractivity contribution < 1.29 is 4.42 Å². The van der Waals surface area contributed by atoms with Crippen LogP contribution < -0.4 is 0 Å². The molecule has 59 heavy (non-hydrogen) atoms. The number of nitrogens with zero attached hydrogens (tertiary/aromatic N) is 4. The highest BCUT2D eigenvalue weighted by Crippen LogP contribution is 2.43. The summed E-state index contributed by atoms with van der Waals surface area (Å²) in [6.45, 7) is 0. The van der Waals surface area contributed by atoms with E-state index in [1.165, 1.54) is 5.39 Å². The summed E-state index contributed by atoms with van der Waals surface area (Å²) in [5.41, 5.74) is 11.8. The molecule has 5 nitrogen and oxygen atoms in total. The van der Waals surface area contributed by atoms with E-state index >= 15 is 0 Å². The van der Waals surface area contributed by atoms with E-state index in [4.69, 9.17) is 19.4 Å². The summed E-state index contributed by atoms with van der Waals surface area (Å²) < 4.78 is 6.70. The third-order valence-electron chi connectivity index (χ3n) is 11.2. The molecule has 0 fully saturated rings. The van der Waals surface area contributed by atoms with Gasteiger partial charge in [-0.15, -0.1) is 0 Å². The number of para-hydroxylation sites is 1. The Labute approximate surface area is 340 Å². The van der Waals surface area contributed by atoms with Crippen molar-refractivity contribution in [2.45, 2.75) is 0 Å². The first-order valence-electron chi connectivity index (χ1n) is 19.6. The van der Waals surface area contributed by atoms with Gasteiger partial charge in [0.2, 0.25) is 0 Å². The van der Waals surface area contributed by atoms with Gasteiger partial charge < -0.3 is 4.42 Å². The summed E-state index contributed by atoms with van der Waals surface area (Å²) in [5.74, 6) is 1.91. The van der Waals surface area contributed by atoms with Gasteiger partial charge >= 0.3 is 0 Å². The molecule has 0 atom stereocenters. The van der Waals surface area contributed by atoms with Crippen LogP contribution in [0.4, 0.5) is 0 Å². The van der Waals surface area contributed by atoms with Crippen molar-refractivity contribution in [2.24, 2.45) is 0 Å². The Hall–Kier alpha value is -8.20. The number of nitriles is 1. The molecule has 0 N–H and O–H groups in total. The first-order chi connectivity index (χ1) is 29.2. The van der Waals surface area contributed by atoms with Crippen LogP contribution in [0.15, 0.2) is 199 Å². The van der Waals surface area contributed by atoms with Gasteiger partial charge in [-0.05, 0) is 85.9 Å². The van der Waals surface area contributed by atoms with Crippen molar-refractivity contribution in [3.63, 3.8) is 0 Å². The molecular weight excluding hydrogens is 721 g/mol. The van der Waals surface area contributed by atoms with Crippen molar-refractivity contribution in [2.75, 3.05) is 0 Å². The second-order valence-electron chi connectivity index (χ2n) is 14.7. The molecule has 0 saturated carbocycles. The van der Waals surface area contributed by atoms with E-state index in [1.807, 2.05) is 97.1 Å². The molecule has 0 saturated heterocycles. The number of hydrogen-bond donors (Lipinski definition) is 0. The fraction of sp³-hybridized carbons (Fsp3) is 0. The van der Waals surface area contributed by atoms with Gasteiger partial charge in [0.15, 0.2) is 17.5 Å². The lowest BCUT2D eigenvalue weighted by Gasteiger charge is -2.12. The second kappa shape index (κ2) is 14.1. The molecule has 274 valence electrons. The van der Waals surface area contributed by atoms with Crippen LogP contribution in [-0.2, 0) is 0 Å². The Morgan fingerprint density at radius 3 is 1.41 bits per heavy atom. The maximum Gasteiger partial charge on any atom is 0.164 e. The third-order valence-corrected chi connectivity index (χ3v) is 11.2. The average Bonchev–Trinajstić information content (AvgIpc) is 3.72. The number of hydrogen-bond acceptors (Lipinski definition) is 5. The Morgan fingerprint density at radius 1 is 0.339 bits per heavy atom. The zero-order valence-electron chi connectivity index (χ0n) is 31.7. The number of benzene rings is 9. The summed E-state index contributed by atoms with van der Waals surface area (Å²) in [5, 5.41) is 16.1. The van der Waals surface area contributed by atoms with Crippen LogP contribution >= 0.6 is 0 Å². The summed E-state index contributed by atoms with van der Waals surface area (Å²) in [6.07, 6.45) is 0. The zero-order chi connectivity index (χ0) is 39.3. The van der Waals surface area contributed by atoms with Crippen LogP contribution in [0.1, 0.15) is 5.56 Å². The number of rotatable bonds is 6. The van der Waals surface area contributed by atoms with E-state index in [2.05, 4.69) is 103 Å². The molecule has 0 amide bonds. The van der Waals surface area contributed by atoms with E-state index in [9.17, 15) is 5.26 Å². The summed E-state index contributed by atoms with van der Waals surface area (Å²) in [6, 6.07) is 68.9. The van der Waals surface area contributed by atoms with Crippen LogP contribution in [0.2, 0.25) is 0 Å². The molecule has 0 bridgehead atoms. The van der Waals surface area contributed by atoms with Gasteiger partial charge in [0, 0.05) is 32.8 Å². The molecule has 2 heterocycles. The van der Waals surface area contributed by atoms with Gasteiger partial charge in [-0.3, -0.25) is 0 Å². The summed E-state index contributed by atoms with van der Waals surface area (Å²) in [7, 11) is 0. The Kier molecular flexibility index (Phi) is 8.13. The Balaban J connectivity index is 0.981. The van der Waals surface area contributed by atoms with E-state index in [1.54, 1.807) is 0 Å². The van der Waals surface area contributed by atoms with Crippen molar-refractivity contribution in [3.8, 4) is 73.6 Å². The minimum atomic E-state index is 0.629. The first-order valence-corrected chi connectivity index (χ1v) is 19.6. The molecule has 2 aromatic heterocycles. The highest BCUT2D eigenvalue weighted by atomic mass is 16.3. The summed E-state index contributed by atoms with van der Waals surface area (Å²) in [4.78, 5) is 14.7.